The molecular formula is C17H12BrN3O5. The zero-order valence-electron chi connectivity index (χ0n) is 13.1. The van der Waals surface area contributed by atoms with Gasteiger partial charge in [-0.1, -0.05) is 12.1 Å². The summed E-state index contributed by atoms with van der Waals surface area (Å²) >= 11 is 3.27. The third-order valence-electron chi connectivity index (χ3n) is 3.50. The Kier molecular flexibility index (Phi) is 4.72. The Bertz CT molecular complexity index is 1110. The number of halogens is 1. The molecule has 0 radical (unpaired) electrons. The predicted molar refractivity (Wildman–Crippen MR) is 97.8 cm³/mol. The Balaban J connectivity index is 2.14. The van der Waals surface area contributed by atoms with Crippen LogP contribution in [0.1, 0.15) is 11.3 Å². The highest BCUT2D eigenvalue weighted by molar-refractivity contribution is 9.10. The number of hydrogen-bond donors (Lipinski definition) is 3. The second kappa shape index (κ2) is 6.96. The second-order valence-electron chi connectivity index (χ2n) is 5.36. The molecular weight excluding hydrogens is 406 g/mol. The molecule has 3 N–H and O–H groups in total. The van der Waals surface area contributed by atoms with Gasteiger partial charge in [0.05, 0.1) is 0 Å². The number of pyridine rings is 1. The van der Waals surface area contributed by atoms with Gasteiger partial charge in [0.2, 0.25) is 0 Å². The van der Waals surface area contributed by atoms with Crippen LogP contribution in [-0.2, 0) is 11.3 Å². The first-order chi connectivity index (χ1) is 12.3. The third-order valence-corrected chi connectivity index (χ3v) is 3.93. The van der Waals surface area contributed by atoms with Crippen molar-refractivity contribution in [1.29, 1.82) is 0 Å². The lowest BCUT2D eigenvalue weighted by Gasteiger charge is -2.08. The smallest absolute Gasteiger partial charge is 0.323 e. The Morgan fingerprint density at radius 2 is 1.96 bits per heavy atom. The summed E-state index contributed by atoms with van der Waals surface area (Å²) in [4.78, 5) is 32.0. The van der Waals surface area contributed by atoms with Gasteiger partial charge in [0.1, 0.15) is 17.8 Å². The van der Waals surface area contributed by atoms with E-state index in [-0.39, 0.29) is 22.8 Å². The van der Waals surface area contributed by atoms with Crippen LogP contribution in [0.2, 0.25) is 0 Å². The maximum Gasteiger partial charge on any atom is 0.323 e. The molecule has 132 valence electrons. The molecule has 0 atom stereocenters. The fraction of sp³-hybridized carbons (Fsp3) is 0.0588. The Labute approximate surface area is 154 Å². The molecule has 0 bridgehead atoms. The number of aromatic nitrogens is 3. The van der Waals surface area contributed by atoms with Crippen LogP contribution in [0.3, 0.4) is 0 Å². The van der Waals surface area contributed by atoms with E-state index >= 15 is 0 Å². The molecule has 0 saturated heterocycles. The standard InChI is InChI=1S/C17H12BrN3O5/c18-10-6-12-16(19-7-10)21(8-15(24)25)17(26)11(20-12)3-1-9-2-4-13(22)14(23)5-9/h1-7,22-23H,8H2,(H,24,25)/b3-1+. The highest BCUT2D eigenvalue weighted by Gasteiger charge is 2.13. The Hall–Kier alpha value is -3.20. The van der Waals surface area contributed by atoms with Crippen molar-refractivity contribution >= 4 is 45.2 Å². The summed E-state index contributed by atoms with van der Waals surface area (Å²) in [5, 5.41) is 27.9. The second-order valence-corrected chi connectivity index (χ2v) is 6.28. The van der Waals surface area contributed by atoms with Gasteiger partial charge in [-0.2, -0.15) is 0 Å². The van der Waals surface area contributed by atoms with E-state index in [0.717, 1.165) is 4.57 Å². The molecule has 0 unspecified atom stereocenters. The summed E-state index contributed by atoms with van der Waals surface area (Å²) in [6.45, 7) is -0.548. The molecule has 0 aliphatic heterocycles. The SMILES string of the molecule is O=C(O)Cn1c(=O)c(/C=C/c2ccc(O)c(O)c2)nc2cc(Br)cnc21. The average Bonchev–Trinajstić information content (AvgIpc) is 2.58. The molecule has 9 heteroatoms. The summed E-state index contributed by atoms with van der Waals surface area (Å²) in [5.74, 6) is -1.73. The zero-order chi connectivity index (χ0) is 18.8. The van der Waals surface area contributed by atoms with E-state index in [1.54, 1.807) is 12.1 Å². The zero-order valence-corrected chi connectivity index (χ0v) is 14.7. The molecule has 26 heavy (non-hydrogen) atoms. The van der Waals surface area contributed by atoms with Crippen molar-refractivity contribution in [2.45, 2.75) is 6.54 Å². The van der Waals surface area contributed by atoms with Crippen LogP contribution in [0.5, 0.6) is 11.5 Å². The molecule has 0 aliphatic carbocycles. The van der Waals surface area contributed by atoms with Gasteiger partial charge in [-0.05, 0) is 45.8 Å². The van der Waals surface area contributed by atoms with Gasteiger partial charge in [-0.25, -0.2) is 9.97 Å². The first-order valence-corrected chi connectivity index (χ1v) is 8.12. The van der Waals surface area contributed by atoms with Crippen LogP contribution < -0.4 is 5.56 Å². The number of phenolic OH excluding ortho intramolecular Hbond substituents is 2. The largest absolute Gasteiger partial charge is 0.504 e. The minimum absolute atomic E-state index is 0.0196. The number of carboxylic acid groups (broad SMARTS) is 1. The van der Waals surface area contributed by atoms with Gasteiger partial charge in [0.25, 0.3) is 5.56 Å². The number of hydrogen-bond acceptors (Lipinski definition) is 6. The van der Waals surface area contributed by atoms with Gasteiger partial charge in [-0.3, -0.25) is 14.2 Å². The van der Waals surface area contributed by atoms with Crippen molar-refractivity contribution in [1.82, 2.24) is 14.5 Å². The lowest BCUT2D eigenvalue weighted by molar-refractivity contribution is -0.137. The van der Waals surface area contributed by atoms with Gasteiger partial charge >= 0.3 is 5.97 Å². The van der Waals surface area contributed by atoms with Gasteiger partial charge in [0.15, 0.2) is 17.1 Å². The van der Waals surface area contributed by atoms with E-state index in [9.17, 15) is 19.8 Å². The number of rotatable bonds is 4. The maximum atomic E-state index is 12.6. The van der Waals surface area contributed by atoms with Crippen molar-refractivity contribution < 1.29 is 20.1 Å². The van der Waals surface area contributed by atoms with Crippen molar-refractivity contribution in [2.24, 2.45) is 0 Å². The highest BCUT2D eigenvalue weighted by atomic mass is 79.9. The number of nitrogens with zero attached hydrogens (tertiary/aromatic N) is 3. The molecule has 2 aromatic heterocycles. The molecule has 3 rings (SSSR count). The summed E-state index contributed by atoms with van der Waals surface area (Å²) in [6.07, 6.45) is 4.38. The average molecular weight is 418 g/mol. The van der Waals surface area contributed by atoms with Gasteiger partial charge < -0.3 is 15.3 Å². The Morgan fingerprint density at radius 3 is 2.65 bits per heavy atom. The molecule has 1 aromatic carbocycles. The molecule has 0 spiro atoms. The molecule has 8 nitrogen and oxygen atoms in total. The van der Waals surface area contributed by atoms with E-state index in [4.69, 9.17) is 5.11 Å². The number of aliphatic carboxylic acids is 1. The number of fused-ring (bicyclic) bond motifs is 1. The highest BCUT2D eigenvalue weighted by Crippen LogP contribution is 2.25. The molecule has 0 amide bonds. The van der Waals surface area contributed by atoms with Crippen molar-refractivity contribution in [2.75, 3.05) is 0 Å². The molecule has 3 aromatic rings. The van der Waals surface area contributed by atoms with E-state index in [2.05, 4.69) is 25.9 Å². The molecule has 0 saturated carbocycles. The summed E-state index contributed by atoms with van der Waals surface area (Å²) < 4.78 is 1.67. The van der Waals surface area contributed by atoms with Gasteiger partial charge in [-0.15, -0.1) is 0 Å². The first kappa shape index (κ1) is 17.6. The van der Waals surface area contributed by atoms with E-state index in [1.807, 2.05) is 0 Å². The number of carbonyl (C=O) groups is 1. The van der Waals surface area contributed by atoms with Crippen molar-refractivity contribution in [3.8, 4) is 11.5 Å². The Morgan fingerprint density at radius 1 is 1.19 bits per heavy atom. The molecule has 0 fully saturated rings. The summed E-state index contributed by atoms with van der Waals surface area (Å²) in [5.41, 5.74) is 0.465. The molecule has 0 aliphatic rings. The topological polar surface area (TPSA) is 126 Å². The fourth-order valence-electron chi connectivity index (χ4n) is 2.33. The van der Waals surface area contributed by atoms with Crippen molar-refractivity contribution in [3.05, 3.63) is 56.5 Å². The normalized spacial score (nSPS) is 11.3. The van der Waals surface area contributed by atoms with Crippen LogP contribution in [0.25, 0.3) is 23.3 Å². The number of aromatic hydroxyl groups is 2. The minimum Gasteiger partial charge on any atom is -0.504 e. The number of phenols is 2. The number of carboxylic acids is 1. The van der Waals surface area contributed by atoms with Crippen LogP contribution in [0, 0.1) is 0 Å². The maximum absolute atomic E-state index is 12.6. The molecule has 2 heterocycles. The summed E-state index contributed by atoms with van der Waals surface area (Å²) in [6, 6.07) is 5.80. The van der Waals surface area contributed by atoms with Crippen LogP contribution in [-0.4, -0.2) is 35.8 Å². The van der Waals surface area contributed by atoms with Gasteiger partial charge in [0, 0.05) is 10.7 Å². The van der Waals surface area contributed by atoms with E-state index in [1.165, 1.54) is 30.5 Å². The third kappa shape index (κ3) is 3.57. The predicted octanol–water partition coefficient (Wildman–Crippen LogP) is 2.22. The monoisotopic (exact) mass is 417 g/mol. The van der Waals surface area contributed by atoms with E-state index < -0.39 is 18.1 Å². The van der Waals surface area contributed by atoms with E-state index in [0.29, 0.717) is 15.6 Å². The quantitative estimate of drug-likeness (QED) is 0.555. The van der Waals surface area contributed by atoms with Crippen LogP contribution in [0.4, 0.5) is 0 Å². The van der Waals surface area contributed by atoms with Crippen molar-refractivity contribution in [3.63, 3.8) is 0 Å². The van der Waals surface area contributed by atoms with Crippen LogP contribution in [0.15, 0.2) is 39.7 Å². The number of benzene rings is 1. The first-order valence-electron chi connectivity index (χ1n) is 7.33. The minimum atomic E-state index is -1.18. The fourth-order valence-corrected chi connectivity index (χ4v) is 2.65. The van der Waals surface area contributed by atoms with Crippen LogP contribution >= 0.6 is 15.9 Å². The lowest BCUT2D eigenvalue weighted by Crippen LogP contribution is -2.27. The lowest BCUT2D eigenvalue weighted by atomic mass is 10.2. The summed E-state index contributed by atoms with van der Waals surface area (Å²) in [7, 11) is 0.